The average molecular weight is 729 g/mol. The topological polar surface area (TPSA) is 88.1 Å². The van der Waals surface area contributed by atoms with Crippen molar-refractivity contribution in [1.82, 2.24) is 0 Å². The van der Waals surface area contributed by atoms with Gasteiger partial charge < -0.3 is 18.3 Å². The number of esters is 2. The number of hydrogen-bond acceptors (Lipinski definition) is 7. The largest absolute Gasteiger partial charge is 0.466 e. The van der Waals surface area contributed by atoms with Gasteiger partial charge in [0, 0.05) is 30.9 Å². The molecule has 0 aliphatic carbocycles. The Morgan fingerprint density at radius 3 is 2.14 bits per heavy atom. The standard InChI is InChI=1S/C41H68O7Si2/c1-30(2)50(31(3)4,32(5)6)48-38-26-25-36(42)21-17-15-19-23-41(44)46-39(35(9)28-34(8)24-27-40(43)45-10)29-33(7)20-16-14-18-22-37(38)47-49(11,12)13/h14,16,19-20,23-28,30-32,35,37-39H,15,17-18,21-22,29H2,1-13H3/b16-14+,23-19+,26-25+,27-24+,33-20+,34-28+/t35-,37-,38-,39-/m1/s1. The molecule has 0 spiro atoms. The van der Waals surface area contributed by atoms with Gasteiger partial charge in [0.25, 0.3) is 0 Å². The minimum Gasteiger partial charge on any atom is -0.466 e. The molecule has 0 unspecified atom stereocenters. The lowest BCUT2D eigenvalue weighted by Gasteiger charge is -2.46. The molecule has 0 saturated carbocycles. The molecule has 0 amide bonds. The second-order valence-electron chi connectivity index (χ2n) is 15.6. The number of carbonyl (C=O) groups is 3. The fourth-order valence-electron chi connectivity index (χ4n) is 6.83. The highest BCUT2D eigenvalue weighted by Gasteiger charge is 2.47. The Balaban J connectivity index is 3.52. The Morgan fingerprint density at radius 2 is 1.56 bits per heavy atom. The number of rotatable bonds is 11. The van der Waals surface area contributed by atoms with Crippen LogP contribution in [0.1, 0.15) is 101 Å². The molecule has 0 bridgehead atoms. The third-order valence-electron chi connectivity index (χ3n) is 9.16. The predicted molar refractivity (Wildman–Crippen MR) is 212 cm³/mol. The summed E-state index contributed by atoms with van der Waals surface area (Å²) in [5.41, 5.74) is 3.14. The van der Waals surface area contributed by atoms with Crippen LogP contribution in [0.25, 0.3) is 0 Å². The van der Waals surface area contributed by atoms with Crippen molar-refractivity contribution in [3.8, 4) is 0 Å². The average Bonchev–Trinajstić information content (AvgIpc) is 3.00. The predicted octanol–water partition coefficient (Wildman–Crippen LogP) is 10.5. The van der Waals surface area contributed by atoms with E-state index in [0.717, 1.165) is 24.0 Å². The van der Waals surface area contributed by atoms with Crippen LogP contribution in [0.2, 0.25) is 36.3 Å². The zero-order valence-corrected chi connectivity index (χ0v) is 35.4. The third-order valence-corrected chi connectivity index (χ3v) is 16.3. The number of hydrogen-bond donors (Lipinski definition) is 0. The molecular weight excluding hydrogens is 661 g/mol. The van der Waals surface area contributed by atoms with Crippen LogP contribution in [0.3, 0.4) is 0 Å². The van der Waals surface area contributed by atoms with Crippen molar-refractivity contribution in [1.29, 1.82) is 0 Å². The Labute approximate surface area is 306 Å². The van der Waals surface area contributed by atoms with Gasteiger partial charge in [-0.3, -0.25) is 4.79 Å². The first-order chi connectivity index (χ1) is 23.3. The van der Waals surface area contributed by atoms with Crippen LogP contribution in [-0.4, -0.2) is 59.8 Å². The molecule has 4 atom stereocenters. The molecule has 0 saturated heterocycles. The van der Waals surface area contributed by atoms with Crippen molar-refractivity contribution >= 4 is 34.4 Å². The van der Waals surface area contributed by atoms with Crippen LogP contribution in [0.15, 0.2) is 71.9 Å². The van der Waals surface area contributed by atoms with Gasteiger partial charge in [-0.05, 0) is 81.9 Å². The maximum Gasteiger partial charge on any atom is 0.330 e. The van der Waals surface area contributed by atoms with Gasteiger partial charge in [-0.2, -0.15) is 0 Å². The van der Waals surface area contributed by atoms with Crippen LogP contribution in [0.5, 0.6) is 0 Å². The van der Waals surface area contributed by atoms with Crippen molar-refractivity contribution in [2.75, 3.05) is 7.11 Å². The maximum absolute atomic E-state index is 13.1. The van der Waals surface area contributed by atoms with Gasteiger partial charge in [0.05, 0.1) is 19.3 Å². The summed E-state index contributed by atoms with van der Waals surface area (Å²) in [7, 11) is -2.91. The highest BCUT2D eigenvalue weighted by Crippen LogP contribution is 2.44. The number of ether oxygens (including phenoxy) is 2. The fourth-order valence-corrected chi connectivity index (χ4v) is 13.5. The van der Waals surface area contributed by atoms with Gasteiger partial charge in [0.1, 0.15) is 6.10 Å². The van der Waals surface area contributed by atoms with Gasteiger partial charge in [0.2, 0.25) is 8.32 Å². The van der Waals surface area contributed by atoms with Crippen LogP contribution in [-0.2, 0) is 32.7 Å². The molecule has 0 aromatic rings. The summed E-state index contributed by atoms with van der Waals surface area (Å²) < 4.78 is 24.8. The maximum atomic E-state index is 13.1. The van der Waals surface area contributed by atoms with E-state index in [1.54, 1.807) is 18.2 Å². The summed E-state index contributed by atoms with van der Waals surface area (Å²) in [6.45, 7) is 26.3. The molecule has 0 aromatic carbocycles. The zero-order valence-electron chi connectivity index (χ0n) is 33.4. The molecule has 0 radical (unpaired) electrons. The molecule has 9 heteroatoms. The first-order valence-electron chi connectivity index (χ1n) is 18.5. The summed E-state index contributed by atoms with van der Waals surface area (Å²) in [6, 6.07) is 0. The normalized spacial score (nSPS) is 25.2. The second kappa shape index (κ2) is 22.4. The van der Waals surface area contributed by atoms with E-state index in [1.807, 2.05) is 32.9 Å². The Bertz CT molecular complexity index is 1240. The number of allylic oxidation sites excluding steroid dienone is 7. The zero-order chi connectivity index (χ0) is 38.1. The summed E-state index contributed by atoms with van der Waals surface area (Å²) in [5, 5.41) is 0. The smallest absolute Gasteiger partial charge is 0.330 e. The Kier molecular flexibility index (Phi) is 20.3. The molecule has 1 aliphatic rings. The van der Waals surface area contributed by atoms with Crippen LogP contribution < -0.4 is 0 Å². The summed E-state index contributed by atoms with van der Waals surface area (Å²) in [5.74, 6) is -0.910. The van der Waals surface area contributed by atoms with Gasteiger partial charge in [-0.25, -0.2) is 9.59 Å². The van der Waals surface area contributed by atoms with Crippen molar-refractivity contribution in [2.24, 2.45) is 5.92 Å². The minimum absolute atomic E-state index is 0.0412. The van der Waals surface area contributed by atoms with Crippen molar-refractivity contribution in [3.63, 3.8) is 0 Å². The minimum atomic E-state index is -2.29. The monoisotopic (exact) mass is 728 g/mol. The van der Waals surface area contributed by atoms with E-state index in [2.05, 4.69) is 79.4 Å². The summed E-state index contributed by atoms with van der Waals surface area (Å²) in [6.07, 6.45) is 21.1. The number of carbonyl (C=O) groups excluding carboxylic acids is 3. The molecule has 50 heavy (non-hydrogen) atoms. The Morgan fingerprint density at radius 1 is 0.920 bits per heavy atom. The summed E-state index contributed by atoms with van der Waals surface area (Å²) >= 11 is 0. The molecule has 1 aliphatic heterocycles. The van der Waals surface area contributed by atoms with Crippen molar-refractivity contribution in [2.45, 2.75) is 155 Å². The van der Waals surface area contributed by atoms with Crippen molar-refractivity contribution < 1.29 is 32.7 Å². The molecule has 1 heterocycles. The number of ketones is 1. The Hall–Kier alpha value is -2.60. The van der Waals surface area contributed by atoms with E-state index in [0.29, 0.717) is 42.3 Å². The highest BCUT2D eigenvalue weighted by atomic mass is 28.4. The lowest BCUT2D eigenvalue weighted by molar-refractivity contribution is -0.144. The molecule has 7 nitrogen and oxygen atoms in total. The van der Waals surface area contributed by atoms with Gasteiger partial charge in [0.15, 0.2) is 14.1 Å². The van der Waals surface area contributed by atoms with E-state index >= 15 is 0 Å². The number of methoxy groups -OCH3 is 1. The van der Waals surface area contributed by atoms with E-state index in [9.17, 15) is 14.4 Å². The van der Waals surface area contributed by atoms with E-state index in [1.165, 1.54) is 19.3 Å². The molecule has 0 fully saturated rings. The van der Waals surface area contributed by atoms with Gasteiger partial charge >= 0.3 is 11.9 Å². The van der Waals surface area contributed by atoms with Crippen LogP contribution in [0.4, 0.5) is 0 Å². The molecule has 282 valence electrons. The van der Waals surface area contributed by atoms with Crippen LogP contribution in [0, 0.1) is 5.92 Å². The van der Waals surface area contributed by atoms with E-state index < -0.39 is 34.7 Å². The second-order valence-corrected chi connectivity index (χ2v) is 25.5. The SMILES string of the molecule is COC(=O)/C=C/C(C)=C/[C@@H](C)[C@H]1C/C(C)=C/C=C/CC[C@@H](O[Si](C)(C)C)[C@H](O[Si](C(C)C)(C(C)C)C(C)C)/C=C/C(=O)CCC/C=C/C(=O)O1. The molecule has 1 rings (SSSR count). The van der Waals surface area contributed by atoms with E-state index in [-0.39, 0.29) is 23.9 Å². The molecular formula is C41H68O7Si2. The lowest BCUT2D eigenvalue weighted by atomic mass is 9.95. The van der Waals surface area contributed by atoms with Gasteiger partial charge in [-0.15, -0.1) is 0 Å². The quantitative estimate of drug-likeness (QED) is 0.0905. The molecule has 0 aromatic heterocycles. The summed E-state index contributed by atoms with van der Waals surface area (Å²) in [4.78, 5) is 37.6. The first kappa shape index (κ1) is 45.4. The molecule has 0 N–H and O–H groups in total. The van der Waals surface area contributed by atoms with Crippen LogP contribution >= 0.6 is 0 Å². The lowest BCUT2D eigenvalue weighted by Crippen LogP contribution is -2.53. The van der Waals surface area contributed by atoms with E-state index in [4.69, 9.17) is 18.3 Å². The first-order valence-corrected chi connectivity index (χ1v) is 24.1. The van der Waals surface area contributed by atoms with Crippen molar-refractivity contribution in [3.05, 3.63) is 71.9 Å². The number of cyclic esters (lactones) is 1. The third kappa shape index (κ3) is 16.6. The fraction of sp³-hybridized carbons (Fsp3) is 0.634. The highest BCUT2D eigenvalue weighted by molar-refractivity contribution is 6.77. The van der Waals surface area contributed by atoms with Gasteiger partial charge in [-0.1, -0.05) is 102 Å².